The van der Waals surface area contributed by atoms with Crippen LogP contribution in [0.5, 0.6) is 0 Å². The number of halogens is 1. The molecule has 0 aliphatic rings. The molecule has 0 atom stereocenters. The number of rotatable bonds is 4. The molecule has 0 unspecified atom stereocenters. The molecule has 1 aromatic carbocycles. The first-order valence-corrected chi connectivity index (χ1v) is 6.79. The van der Waals surface area contributed by atoms with Gasteiger partial charge in [0.15, 0.2) is 0 Å². The van der Waals surface area contributed by atoms with Crippen LogP contribution in [0.3, 0.4) is 0 Å². The summed E-state index contributed by atoms with van der Waals surface area (Å²) in [7, 11) is 1.36. The molecule has 0 fully saturated rings. The third kappa shape index (κ3) is 3.92. The van der Waals surface area contributed by atoms with Crippen LogP contribution in [0, 0.1) is 3.57 Å². The van der Waals surface area contributed by atoms with Gasteiger partial charge in [0, 0.05) is 15.5 Å². The molecule has 0 radical (unpaired) electrons. The molecule has 1 heterocycles. The van der Waals surface area contributed by atoms with Crippen molar-refractivity contribution in [2.45, 2.75) is 6.54 Å². The molecule has 0 aliphatic carbocycles. The van der Waals surface area contributed by atoms with Gasteiger partial charge >= 0.3 is 5.97 Å². The third-order valence-corrected chi connectivity index (χ3v) is 3.22. The van der Waals surface area contributed by atoms with Gasteiger partial charge in [0.25, 0.3) is 0 Å². The van der Waals surface area contributed by atoms with E-state index in [-0.39, 0.29) is 5.97 Å². The van der Waals surface area contributed by atoms with Crippen LogP contribution in [0.25, 0.3) is 0 Å². The Labute approximate surface area is 125 Å². The van der Waals surface area contributed by atoms with Crippen molar-refractivity contribution >= 4 is 34.2 Å². The van der Waals surface area contributed by atoms with E-state index in [1.54, 1.807) is 6.07 Å². The fraction of sp³-hybridized carbons (Fsp3) is 0.143. The van der Waals surface area contributed by atoms with Gasteiger partial charge in [-0.1, -0.05) is 6.07 Å². The van der Waals surface area contributed by atoms with E-state index >= 15 is 0 Å². The Hall–Kier alpha value is -1.63. The van der Waals surface area contributed by atoms with Crippen LogP contribution in [0.4, 0.5) is 5.69 Å². The van der Waals surface area contributed by atoms with Crippen molar-refractivity contribution in [2.75, 3.05) is 12.4 Å². The number of nitrogens with one attached hydrogen (secondary N) is 1. The van der Waals surface area contributed by atoms with E-state index in [2.05, 4.69) is 43.7 Å². The van der Waals surface area contributed by atoms with Gasteiger partial charge in [-0.05, 0) is 52.9 Å². The van der Waals surface area contributed by atoms with Gasteiger partial charge in [-0.25, -0.2) is 4.79 Å². The number of benzene rings is 1. The van der Waals surface area contributed by atoms with Crippen LogP contribution in [0.15, 0.2) is 42.6 Å². The molecular weight excluding hydrogens is 355 g/mol. The zero-order valence-corrected chi connectivity index (χ0v) is 12.5. The Bertz CT molecular complexity index is 570. The molecule has 98 valence electrons. The van der Waals surface area contributed by atoms with E-state index in [0.717, 1.165) is 11.4 Å². The Balaban J connectivity index is 1.98. The molecular formula is C14H13IN2O2. The molecule has 0 amide bonds. The average Bonchev–Trinajstić information content (AvgIpc) is 2.45. The second-order valence-corrected chi connectivity index (χ2v) is 5.14. The zero-order valence-electron chi connectivity index (χ0n) is 10.4. The lowest BCUT2D eigenvalue weighted by atomic mass is 10.2. The Morgan fingerprint density at radius 1 is 1.37 bits per heavy atom. The Kier molecular flexibility index (Phi) is 4.73. The molecule has 5 heteroatoms. The molecule has 1 aromatic heterocycles. The summed E-state index contributed by atoms with van der Waals surface area (Å²) in [6, 6.07) is 11.6. The summed E-state index contributed by atoms with van der Waals surface area (Å²) < 4.78 is 5.80. The third-order valence-electron chi connectivity index (χ3n) is 2.54. The first-order chi connectivity index (χ1) is 9.19. The second kappa shape index (κ2) is 6.51. The molecule has 0 saturated carbocycles. The van der Waals surface area contributed by atoms with E-state index in [9.17, 15) is 4.79 Å². The summed E-state index contributed by atoms with van der Waals surface area (Å²) in [5, 5.41) is 3.28. The van der Waals surface area contributed by atoms with Gasteiger partial charge in [0.1, 0.15) is 0 Å². The summed E-state index contributed by atoms with van der Waals surface area (Å²) in [5.41, 5.74) is 2.37. The minimum Gasteiger partial charge on any atom is -0.465 e. The lowest BCUT2D eigenvalue weighted by molar-refractivity contribution is 0.0600. The van der Waals surface area contributed by atoms with Crippen molar-refractivity contribution < 1.29 is 9.53 Å². The fourth-order valence-electron chi connectivity index (χ4n) is 1.56. The average molecular weight is 368 g/mol. The summed E-state index contributed by atoms with van der Waals surface area (Å²) in [6.07, 6.45) is 1.53. The first kappa shape index (κ1) is 13.8. The lowest BCUT2D eigenvalue weighted by Gasteiger charge is -2.06. The highest BCUT2D eigenvalue weighted by molar-refractivity contribution is 14.1. The number of hydrogen-bond donors (Lipinski definition) is 1. The maximum Gasteiger partial charge on any atom is 0.339 e. The van der Waals surface area contributed by atoms with Gasteiger partial charge in [0.05, 0.1) is 24.9 Å². The normalized spacial score (nSPS) is 10.0. The first-order valence-electron chi connectivity index (χ1n) is 5.72. The molecule has 19 heavy (non-hydrogen) atoms. The number of carbonyl (C=O) groups excluding carboxylic acids is 1. The van der Waals surface area contributed by atoms with Crippen LogP contribution < -0.4 is 5.32 Å². The van der Waals surface area contributed by atoms with Crippen molar-refractivity contribution in [2.24, 2.45) is 0 Å². The number of anilines is 1. The highest BCUT2D eigenvalue weighted by Gasteiger charge is 2.05. The number of nitrogens with zero attached hydrogens (tertiary/aromatic N) is 1. The number of ether oxygens (including phenoxy) is 1. The monoisotopic (exact) mass is 368 g/mol. The highest BCUT2D eigenvalue weighted by atomic mass is 127. The Morgan fingerprint density at radius 3 is 2.84 bits per heavy atom. The lowest BCUT2D eigenvalue weighted by Crippen LogP contribution is -2.05. The number of aromatic nitrogens is 1. The van der Waals surface area contributed by atoms with E-state index in [4.69, 9.17) is 0 Å². The molecule has 0 saturated heterocycles. The molecule has 2 rings (SSSR count). The molecule has 4 nitrogen and oxygen atoms in total. The molecule has 0 aliphatic heterocycles. The zero-order chi connectivity index (χ0) is 13.7. The van der Waals surface area contributed by atoms with E-state index in [1.165, 1.54) is 16.9 Å². The van der Waals surface area contributed by atoms with Crippen molar-refractivity contribution in [3.63, 3.8) is 0 Å². The molecule has 0 bridgehead atoms. The van der Waals surface area contributed by atoms with Crippen LogP contribution in [0.1, 0.15) is 16.1 Å². The van der Waals surface area contributed by atoms with Gasteiger partial charge < -0.3 is 10.1 Å². The summed E-state index contributed by atoms with van der Waals surface area (Å²) in [6.45, 7) is 0.613. The SMILES string of the molecule is COC(=O)c1ccc(CNc2cccc(I)c2)nc1. The Morgan fingerprint density at radius 2 is 2.21 bits per heavy atom. The van der Waals surface area contributed by atoms with E-state index in [1.807, 2.05) is 24.3 Å². The van der Waals surface area contributed by atoms with Crippen molar-refractivity contribution in [1.82, 2.24) is 4.98 Å². The minimum atomic E-state index is -0.371. The van der Waals surface area contributed by atoms with Crippen molar-refractivity contribution in [1.29, 1.82) is 0 Å². The quantitative estimate of drug-likeness (QED) is 0.666. The van der Waals surface area contributed by atoms with E-state index < -0.39 is 0 Å². The van der Waals surface area contributed by atoms with Crippen LogP contribution in [-0.4, -0.2) is 18.1 Å². The fourth-order valence-corrected chi connectivity index (χ4v) is 2.10. The predicted octanol–water partition coefficient (Wildman–Crippen LogP) is 3.08. The van der Waals surface area contributed by atoms with Gasteiger partial charge in [-0.2, -0.15) is 0 Å². The topological polar surface area (TPSA) is 51.2 Å². The van der Waals surface area contributed by atoms with Crippen molar-refractivity contribution in [3.05, 3.63) is 57.4 Å². The molecule has 1 N–H and O–H groups in total. The molecule has 2 aromatic rings. The number of pyridine rings is 1. The summed E-state index contributed by atoms with van der Waals surface area (Å²) in [4.78, 5) is 15.5. The maximum atomic E-state index is 11.3. The second-order valence-electron chi connectivity index (χ2n) is 3.89. The predicted molar refractivity (Wildman–Crippen MR) is 82.1 cm³/mol. The summed E-state index contributed by atoms with van der Waals surface area (Å²) >= 11 is 2.27. The largest absolute Gasteiger partial charge is 0.465 e. The smallest absolute Gasteiger partial charge is 0.339 e. The number of hydrogen-bond acceptors (Lipinski definition) is 4. The van der Waals surface area contributed by atoms with Gasteiger partial charge in [-0.3, -0.25) is 4.98 Å². The number of esters is 1. The van der Waals surface area contributed by atoms with Crippen LogP contribution in [-0.2, 0) is 11.3 Å². The maximum absolute atomic E-state index is 11.3. The number of methoxy groups -OCH3 is 1. The van der Waals surface area contributed by atoms with Gasteiger partial charge in [-0.15, -0.1) is 0 Å². The number of carbonyl (C=O) groups is 1. The molecule has 0 spiro atoms. The standard InChI is InChI=1S/C14H13IN2O2/c1-19-14(18)10-5-6-13(16-8-10)9-17-12-4-2-3-11(15)7-12/h2-8,17H,9H2,1H3. The minimum absolute atomic E-state index is 0.371. The van der Waals surface area contributed by atoms with Crippen molar-refractivity contribution in [3.8, 4) is 0 Å². The van der Waals surface area contributed by atoms with Crippen LogP contribution in [0.2, 0.25) is 0 Å². The van der Waals surface area contributed by atoms with E-state index in [0.29, 0.717) is 12.1 Å². The van der Waals surface area contributed by atoms with Crippen LogP contribution >= 0.6 is 22.6 Å². The summed E-state index contributed by atoms with van der Waals surface area (Å²) in [5.74, 6) is -0.371. The van der Waals surface area contributed by atoms with Gasteiger partial charge in [0.2, 0.25) is 0 Å². The highest BCUT2D eigenvalue weighted by Crippen LogP contribution is 2.13.